The fourth-order valence-electron chi connectivity index (χ4n) is 3.93. The Morgan fingerprint density at radius 1 is 1.23 bits per heavy atom. The van der Waals surface area contributed by atoms with Crippen LogP contribution < -0.4 is 15.8 Å². The molecule has 1 amide bonds. The van der Waals surface area contributed by atoms with Gasteiger partial charge in [-0.05, 0) is 62.9 Å². The standard InChI is InChI=1S/C19H29N3O2.2ClH/c1-24-17-8-5-14(6-9-17)18(22-10-2-3-11-22)13-21-19(23)15-4-7-16(20)12-15;;/h5-6,8-9,15-16,18H,2-4,7,10-13,20H2,1H3,(H,21,23);2*1H. The normalized spacial score (nSPS) is 23.6. The Balaban J connectivity index is 0.00000169. The summed E-state index contributed by atoms with van der Waals surface area (Å²) in [6, 6.07) is 8.64. The summed E-state index contributed by atoms with van der Waals surface area (Å²) in [6.07, 6.45) is 5.18. The topological polar surface area (TPSA) is 67.6 Å². The second-order valence-electron chi connectivity index (χ2n) is 7.05. The van der Waals surface area contributed by atoms with Crippen molar-refractivity contribution in [2.45, 2.75) is 44.2 Å². The van der Waals surface area contributed by atoms with Gasteiger partial charge in [0.1, 0.15) is 5.75 Å². The number of benzene rings is 1. The van der Waals surface area contributed by atoms with Crippen LogP contribution in [-0.2, 0) is 4.79 Å². The number of nitrogens with two attached hydrogens (primary N) is 1. The highest BCUT2D eigenvalue weighted by Crippen LogP contribution is 2.27. The molecule has 2 fully saturated rings. The van der Waals surface area contributed by atoms with Gasteiger partial charge in [-0.3, -0.25) is 9.69 Å². The van der Waals surface area contributed by atoms with E-state index < -0.39 is 0 Å². The summed E-state index contributed by atoms with van der Waals surface area (Å²) in [5, 5.41) is 3.18. The zero-order valence-corrected chi connectivity index (χ0v) is 17.0. The molecule has 1 aromatic carbocycles. The van der Waals surface area contributed by atoms with Gasteiger partial charge < -0.3 is 15.8 Å². The van der Waals surface area contributed by atoms with Crippen molar-refractivity contribution in [2.24, 2.45) is 11.7 Å². The number of halogens is 2. The minimum atomic E-state index is 0. The number of nitrogens with zero attached hydrogens (tertiary/aromatic N) is 1. The molecule has 0 bridgehead atoms. The molecule has 1 aliphatic heterocycles. The van der Waals surface area contributed by atoms with E-state index in [0.717, 1.165) is 38.1 Å². The summed E-state index contributed by atoms with van der Waals surface area (Å²) < 4.78 is 5.25. The van der Waals surface area contributed by atoms with Crippen LogP contribution in [0.1, 0.15) is 43.7 Å². The number of nitrogens with one attached hydrogen (secondary N) is 1. The molecular weight excluding hydrogens is 373 g/mol. The molecule has 3 rings (SSSR count). The van der Waals surface area contributed by atoms with Crippen LogP contribution in [-0.4, -0.2) is 43.6 Å². The van der Waals surface area contributed by atoms with E-state index in [0.29, 0.717) is 6.54 Å². The van der Waals surface area contributed by atoms with Crippen LogP contribution in [0.4, 0.5) is 0 Å². The Bertz CT molecular complexity index is 550. The first-order chi connectivity index (χ1) is 11.7. The molecule has 1 aliphatic carbocycles. The van der Waals surface area contributed by atoms with Gasteiger partial charge in [0.15, 0.2) is 0 Å². The number of rotatable bonds is 6. The van der Waals surface area contributed by atoms with E-state index in [2.05, 4.69) is 22.3 Å². The fraction of sp³-hybridized carbons (Fsp3) is 0.632. The molecule has 1 saturated carbocycles. The first-order valence-corrected chi connectivity index (χ1v) is 9.08. The van der Waals surface area contributed by atoms with Crippen molar-refractivity contribution in [3.63, 3.8) is 0 Å². The fourth-order valence-corrected chi connectivity index (χ4v) is 3.93. The van der Waals surface area contributed by atoms with Gasteiger partial charge in [0.2, 0.25) is 5.91 Å². The highest BCUT2D eigenvalue weighted by atomic mass is 35.5. The average molecular weight is 404 g/mol. The molecule has 3 atom stereocenters. The lowest BCUT2D eigenvalue weighted by atomic mass is 10.0. The zero-order chi connectivity index (χ0) is 16.9. The average Bonchev–Trinajstić information content (AvgIpc) is 3.27. The van der Waals surface area contributed by atoms with E-state index in [9.17, 15) is 4.79 Å². The maximum absolute atomic E-state index is 12.4. The maximum atomic E-state index is 12.4. The van der Waals surface area contributed by atoms with Crippen molar-refractivity contribution < 1.29 is 9.53 Å². The van der Waals surface area contributed by atoms with Crippen LogP contribution in [0.2, 0.25) is 0 Å². The van der Waals surface area contributed by atoms with Gasteiger partial charge in [-0.25, -0.2) is 0 Å². The summed E-state index contributed by atoms with van der Waals surface area (Å²) in [6.45, 7) is 2.86. The number of likely N-dealkylation sites (tertiary alicyclic amines) is 1. The predicted octanol–water partition coefficient (Wildman–Crippen LogP) is 2.92. The van der Waals surface area contributed by atoms with Crippen molar-refractivity contribution in [1.82, 2.24) is 10.2 Å². The van der Waals surface area contributed by atoms with Crippen molar-refractivity contribution >= 4 is 30.7 Å². The highest BCUT2D eigenvalue weighted by Gasteiger charge is 2.29. The van der Waals surface area contributed by atoms with E-state index in [1.54, 1.807) is 7.11 Å². The number of carbonyl (C=O) groups excluding carboxylic acids is 1. The summed E-state index contributed by atoms with van der Waals surface area (Å²) >= 11 is 0. The van der Waals surface area contributed by atoms with Crippen LogP contribution in [0.25, 0.3) is 0 Å². The quantitative estimate of drug-likeness (QED) is 0.765. The minimum Gasteiger partial charge on any atom is -0.497 e. The SMILES string of the molecule is COc1ccc(C(CNC(=O)C2CCC(N)C2)N2CCCC2)cc1.Cl.Cl. The van der Waals surface area contributed by atoms with E-state index in [1.807, 2.05) is 12.1 Å². The third-order valence-corrected chi connectivity index (χ3v) is 5.40. The van der Waals surface area contributed by atoms with Crippen molar-refractivity contribution in [2.75, 3.05) is 26.7 Å². The smallest absolute Gasteiger partial charge is 0.223 e. The van der Waals surface area contributed by atoms with E-state index >= 15 is 0 Å². The molecule has 0 radical (unpaired) electrons. The number of hydrogen-bond acceptors (Lipinski definition) is 4. The Morgan fingerprint density at radius 3 is 2.42 bits per heavy atom. The molecule has 1 heterocycles. The molecule has 148 valence electrons. The molecule has 26 heavy (non-hydrogen) atoms. The third-order valence-electron chi connectivity index (χ3n) is 5.40. The minimum absolute atomic E-state index is 0. The van der Waals surface area contributed by atoms with Crippen LogP contribution in [0, 0.1) is 5.92 Å². The molecule has 0 aromatic heterocycles. The summed E-state index contributed by atoms with van der Waals surface area (Å²) in [4.78, 5) is 14.9. The number of amides is 1. The Hall–Kier alpha value is -1.01. The summed E-state index contributed by atoms with van der Waals surface area (Å²) in [7, 11) is 1.68. The lowest BCUT2D eigenvalue weighted by Gasteiger charge is -2.28. The number of methoxy groups -OCH3 is 1. The summed E-state index contributed by atoms with van der Waals surface area (Å²) in [5.41, 5.74) is 7.17. The van der Waals surface area contributed by atoms with Gasteiger partial charge in [-0.2, -0.15) is 0 Å². The Kier molecular flexibility index (Phi) is 9.72. The van der Waals surface area contributed by atoms with Crippen molar-refractivity contribution in [3.05, 3.63) is 29.8 Å². The number of carbonyl (C=O) groups is 1. The molecule has 1 aromatic rings. The lowest BCUT2D eigenvalue weighted by molar-refractivity contribution is -0.125. The first kappa shape index (κ1) is 23.0. The van der Waals surface area contributed by atoms with Gasteiger partial charge in [-0.15, -0.1) is 24.8 Å². The molecule has 2 aliphatic rings. The molecule has 3 N–H and O–H groups in total. The van der Waals surface area contributed by atoms with Crippen LogP contribution in [0.3, 0.4) is 0 Å². The lowest BCUT2D eigenvalue weighted by Crippen LogP contribution is -2.39. The summed E-state index contributed by atoms with van der Waals surface area (Å²) in [5.74, 6) is 1.12. The van der Waals surface area contributed by atoms with E-state index in [1.165, 1.54) is 18.4 Å². The predicted molar refractivity (Wildman–Crippen MR) is 109 cm³/mol. The van der Waals surface area contributed by atoms with Gasteiger partial charge in [-0.1, -0.05) is 12.1 Å². The Labute approximate surface area is 168 Å². The van der Waals surface area contributed by atoms with E-state index in [-0.39, 0.29) is 48.7 Å². The van der Waals surface area contributed by atoms with Crippen LogP contribution in [0.5, 0.6) is 5.75 Å². The van der Waals surface area contributed by atoms with Gasteiger partial charge >= 0.3 is 0 Å². The number of ether oxygens (including phenoxy) is 1. The second-order valence-corrected chi connectivity index (χ2v) is 7.05. The molecule has 3 unspecified atom stereocenters. The molecule has 1 saturated heterocycles. The van der Waals surface area contributed by atoms with Crippen LogP contribution in [0.15, 0.2) is 24.3 Å². The van der Waals surface area contributed by atoms with Gasteiger partial charge in [0.25, 0.3) is 0 Å². The number of hydrogen-bond donors (Lipinski definition) is 2. The molecular formula is C19H31Cl2N3O2. The zero-order valence-electron chi connectivity index (χ0n) is 15.4. The Morgan fingerprint density at radius 2 is 1.88 bits per heavy atom. The largest absolute Gasteiger partial charge is 0.497 e. The van der Waals surface area contributed by atoms with Crippen LogP contribution >= 0.6 is 24.8 Å². The van der Waals surface area contributed by atoms with E-state index in [4.69, 9.17) is 10.5 Å². The second kappa shape index (κ2) is 11.0. The first-order valence-electron chi connectivity index (χ1n) is 9.08. The highest BCUT2D eigenvalue weighted by molar-refractivity contribution is 5.85. The third kappa shape index (κ3) is 5.74. The maximum Gasteiger partial charge on any atom is 0.223 e. The van der Waals surface area contributed by atoms with Gasteiger partial charge in [0.05, 0.1) is 13.2 Å². The molecule has 5 nitrogen and oxygen atoms in total. The monoisotopic (exact) mass is 403 g/mol. The van der Waals surface area contributed by atoms with Gasteiger partial charge in [0, 0.05) is 18.5 Å². The van der Waals surface area contributed by atoms with Crippen molar-refractivity contribution in [3.8, 4) is 5.75 Å². The molecule has 0 spiro atoms. The van der Waals surface area contributed by atoms with Crippen molar-refractivity contribution in [1.29, 1.82) is 0 Å². The molecule has 7 heteroatoms.